The summed E-state index contributed by atoms with van der Waals surface area (Å²) in [7, 11) is 0. The number of hydrogen-bond acceptors (Lipinski definition) is 4. The van der Waals surface area contributed by atoms with Gasteiger partial charge in [-0.1, -0.05) is 72.8 Å². The number of carbonyl (C=O) groups excluding carboxylic acids is 2. The first-order chi connectivity index (χ1) is 13.6. The lowest BCUT2D eigenvalue weighted by atomic mass is 9.83. The summed E-state index contributed by atoms with van der Waals surface area (Å²) in [6.07, 6.45) is 4.12. The Morgan fingerprint density at radius 2 is 1.07 bits per heavy atom. The van der Waals surface area contributed by atoms with Crippen LogP contribution in [0.25, 0.3) is 0 Å². The topological polar surface area (TPSA) is 52.6 Å². The number of hydrogen-bond donors (Lipinski definition) is 0. The summed E-state index contributed by atoms with van der Waals surface area (Å²) in [6, 6.07) is 19.2. The van der Waals surface area contributed by atoms with Crippen LogP contribution in [0.5, 0.6) is 0 Å². The maximum atomic E-state index is 12.8. The van der Waals surface area contributed by atoms with E-state index in [1.54, 1.807) is 0 Å². The molecule has 0 radical (unpaired) electrons. The van der Waals surface area contributed by atoms with Crippen LogP contribution >= 0.6 is 0 Å². The number of carbonyl (C=O) groups is 2. The van der Waals surface area contributed by atoms with Gasteiger partial charge in [-0.2, -0.15) is 0 Å². The van der Waals surface area contributed by atoms with Crippen LogP contribution in [-0.2, 0) is 19.1 Å². The Kier molecular flexibility index (Phi) is 6.64. The molecular weight excluding hydrogens is 352 g/mol. The fourth-order valence-corrected chi connectivity index (χ4v) is 3.44. The van der Waals surface area contributed by atoms with Crippen LogP contribution in [0.1, 0.15) is 50.0 Å². The lowest BCUT2D eigenvalue weighted by molar-refractivity contribution is -0.166. The van der Waals surface area contributed by atoms with Gasteiger partial charge in [0.25, 0.3) is 0 Å². The van der Waals surface area contributed by atoms with E-state index in [2.05, 4.69) is 0 Å². The minimum Gasteiger partial charge on any atom is -0.458 e. The van der Waals surface area contributed by atoms with E-state index >= 15 is 0 Å². The third-order valence-electron chi connectivity index (χ3n) is 5.16. The van der Waals surface area contributed by atoms with Crippen molar-refractivity contribution < 1.29 is 19.1 Å². The monoisotopic (exact) mass is 378 g/mol. The highest BCUT2D eigenvalue weighted by Gasteiger charge is 2.37. The van der Waals surface area contributed by atoms with Crippen molar-refractivity contribution in [3.8, 4) is 0 Å². The quantitative estimate of drug-likeness (QED) is 0.513. The van der Waals surface area contributed by atoms with Crippen LogP contribution in [0.2, 0.25) is 0 Å². The highest BCUT2D eigenvalue weighted by Crippen LogP contribution is 2.31. The molecule has 3 rings (SSSR count). The van der Waals surface area contributed by atoms with Crippen LogP contribution in [0.3, 0.4) is 0 Å². The fraction of sp³-hybridized carbons (Fsp3) is 0.333. The molecule has 2 aromatic carbocycles. The van der Waals surface area contributed by atoms with Gasteiger partial charge in [0, 0.05) is 0 Å². The first-order valence-electron chi connectivity index (χ1n) is 9.72. The van der Waals surface area contributed by atoms with Gasteiger partial charge in [0.2, 0.25) is 0 Å². The third kappa shape index (κ3) is 4.89. The molecular formula is C24H26O4. The van der Waals surface area contributed by atoms with Crippen molar-refractivity contribution in [1.82, 2.24) is 0 Å². The molecule has 0 fully saturated rings. The second kappa shape index (κ2) is 9.36. The SMILES string of the molecule is CC(OC(=O)C1CC=CCC1C(=O)OC(C)c1ccccc1)c1ccccc1. The van der Waals surface area contributed by atoms with Crippen molar-refractivity contribution in [3.05, 3.63) is 83.9 Å². The summed E-state index contributed by atoms with van der Waals surface area (Å²) in [4.78, 5) is 25.6. The zero-order valence-electron chi connectivity index (χ0n) is 16.3. The number of benzene rings is 2. The van der Waals surface area contributed by atoms with Crippen LogP contribution in [0.15, 0.2) is 72.8 Å². The second-order valence-electron chi connectivity index (χ2n) is 7.14. The number of ether oxygens (including phenoxy) is 2. The van der Waals surface area contributed by atoms with E-state index < -0.39 is 11.8 Å². The van der Waals surface area contributed by atoms with E-state index in [1.807, 2.05) is 86.7 Å². The number of rotatable bonds is 6. The van der Waals surface area contributed by atoms with Crippen molar-refractivity contribution in [3.63, 3.8) is 0 Å². The molecule has 146 valence electrons. The molecule has 0 N–H and O–H groups in total. The first kappa shape index (κ1) is 19.9. The lowest BCUT2D eigenvalue weighted by Gasteiger charge is -2.28. The Bertz CT molecular complexity index is 744. The van der Waals surface area contributed by atoms with Crippen molar-refractivity contribution in [1.29, 1.82) is 0 Å². The highest BCUT2D eigenvalue weighted by molar-refractivity contribution is 5.83. The Labute approximate surface area is 166 Å². The molecule has 0 saturated heterocycles. The zero-order valence-corrected chi connectivity index (χ0v) is 16.3. The molecule has 2 aromatic rings. The van der Waals surface area contributed by atoms with E-state index in [4.69, 9.17) is 9.47 Å². The van der Waals surface area contributed by atoms with Crippen molar-refractivity contribution >= 4 is 11.9 Å². The van der Waals surface area contributed by atoms with Crippen LogP contribution in [-0.4, -0.2) is 11.9 Å². The molecule has 0 aliphatic heterocycles. The minimum atomic E-state index is -0.522. The zero-order chi connectivity index (χ0) is 19.9. The molecule has 1 aliphatic rings. The minimum absolute atomic E-state index is 0.352. The van der Waals surface area contributed by atoms with Crippen molar-refractivity contribution in [2.45, 2.75) is 38.9 Å². The largest absolute Gasteiger partial charge is 0.458 e. The second-order valence-corrected chi connectivity index (χ2v) is 7.14. The van der Waals surface area contributed by atoms with Gasteiger partial charge in [0.05, 0.1) is 11.8 Å². The molecule has 4 nitrogen and oxygen atoms in total. The first-order valence-corrected chi connectivity index (χ1v) is 9.72. The van der Waals surface area contributed by atoms with Gasteiger partial charge in [-0.3, -0.25) is 9.59 Å². The lowest BCUT2D eigenvalue weighted by Crippen LogP contribution is -2.34. The predicted molar refractivity (Wildman–Crippen MR) is 107 cm³/mol. The van der Waals surface area contributed by atoms with Gasteiger partial charge in [-0.25, -0.2) is 0 Å². The standard InChI is InChI=1S/C24H26O4/c1-17(19-11-5-3-6-12-19)27-23(25)21-15-9-10-16-22(21)24(26)28-18(2)20-13-7-4-8-14-20/h3-14,17-18,21-22H,15-16H2,1-2H3. The Morgan fingerprint density at radius 1 is 0.714 bits per heavy atom. The molecule has 1 aliphatic carbocycles. The summed E-state index contributed by atoms with van der Waals surface area (Å²) >= 11 is 0. The molecule has 4 atom stereocenters. The average Bonchev–Trinajstić information content (AvgIpc) is 2.74. The van der Waals surface area contributed by atoms with E-state index in [0.29, 0.717) is 12.8 Å². The van der Waals surface area contributed by atoms with E-state index in [1.165, 1.54) is 0 Å². The summed E-state index contributed by atoms with van der Waals surface area (Å²) in [6.45, 7) is 3.69. The molecule has 0 saturated carbocycles. The summed E-state index contributed by atoms with van der Waals surface area (Å²) in [5.74, 6) is -1.75. The van der Waals surface area contributed by atoms with Crippen LogP contribution in [0, 0.1) is 11.8 Å². The molecule has 0 heterocycles. The van der Waals surface area contributed by atoms with Crippen molar-refractivity contribution in [2.75, 3.05) is 0 Å². The molecule has 4 heteroatoms. The third-order valence-corrected chi connectivity index (χ3v) is 5.16. The van der Waals surface area contributed by atoms with Crippen LogP contribution in [0.4, 0.5) is 0 Å². The van der Waals surface area contributed by atoms with Gasteiger partial charge >= 0.3 is 11.9 Å². The van der Waals surface area contributed by atoms with Gasteiger partial charge in [0.1, 0.15) is 12.2 Å². The predicted octanol–water partition coefficient (Wildman–Crippen LogP) is 5.18. The molecule has 4 unspecified atom stereocenters. The van der Waals surface area contributed by atoms with Crippen molar-refractivity contribution in [2.24, 2.45) is 11.8 Å². The number of allylic oxidation sites excluding steroid dienone is 2. The Morgan fingerprint density at radius 3 is 1.43 bits per heavy atom. The van der Waals surface area contributed by atoms with Gasteiger partial charge in [0.15, 0.2) is 0 Å². The van der Waals surface area contributed by atoms with E-state index in [0.717, 1.165) is 11.1 Å². The maximum Gasteiger partial charge on any atom is 0.310 e. The highest BCUT2D eigenvalue weighted by atomic mass is 16.6. The van der Waals surface area contributed by atoms with Gasteiger partial charge < -0.3 is 9.47 Å². The Hall–Kier alpha value is -2.88. The summed E-state index contributed by atoms with van der Waals surface area (Å²) < 4.78 is 11.3. The van der Waals surface area contributed by atoms with Gasteiger partial charge in [-0.05, 0) is 37.8 Å². The van der Waals surface area contributed by atoms with Crippen LogP contribution < -0.4 is 0 Å². The maximum absolute atomic E-state index is 12.8. The molecule has 28 heavy (non-hydrogen) atoms. The molecule has 0 bridgehead atoms. The Balaban J connectivity index is 1.65. The normalized spacial score (nSPS) is 20.8. The van der Waals surface area contributed by atoms with Gasteiger partial charge in [-0.15, -0.1) is 0 Å². The molecule has 0 spiro atoms. The summed E-state index contributed by atoms with van der Waals surface area (Å²) in [5, 5.41) is 0. The number of esters is 2. The van der Waals surface area contributed by atoms with E-state index in [9.17, 15) is 9.59 Å². The van der Waals surface area contributed by atoms with E-state index in [-0.39, 0.29) is 24.1 Å². The molecule has 0 aromatic heterocycles. The molecule has 0 amide bonds. The average molecular weight is 378 g/mol. The fourth-order valence-electron chi connectivity index (χ4n) is 3.44. The smallest absolute Gasteiger partial charge is 0.310 e. The summed E-state index contributed by atoms with van der Waals surface area (Å²) in [5.41, 5.74) is 1.86.